The van der Waals surface area contributed by atoms with Gasteiger partial charge in [-0.05, 0) is 12.8 Å². The van der Waals surface area contributed by atoms with Crippen LogP contribution in [0.5, 0.6) is 0 Å². The highest BCUT2D eigenvalue weighted by molar-refractivity contribution is 7.99. The lowest BCUT2D eigenvalue weighted by molar-refractivity contribution is -0.136. The fourth-order valence-corrected chi connectivity index (χ4v) is 3.70. The normalized spacial score (nSPS) is 23.9. The molecule has 0 bridgehead atoms. The van der Waals surface area contributed by atoms with Crippen LogP contribution in [-0.2, 0) is 14.3 Å². The molecule has 7 heteroatoms. The van der Waals surface area contributed by atoms with E-state index in [0.717, 1.165) is 30.9 Å². The van der Waals surface area contributed by atoms with Crippen LogP contribution in [0, 0.1) is 0 Å². The zero-order valence-electron chi connectivity index (χ0n) is 12.6. The number of hydrogen-bond acceptors (Lipinski definition) is 5. The van der Waals surface area contributed by atoms with Gasteiger partial charge in [0.1, 0.15) is 6.61 Å². The Labute approximate surface area is 130 Å². The van der Waals surface area contributed by atoms with E-state index in [1.54, 1.807) is 0 Å². The van der Waals surface area contributed by atoms with Gasteiger partial charge in [0, 0.05) is 56.8 Å². The molecule has 2 N–H and O–H groups in total. The Kier molecular flexibility index (Phi) is 6.79. The van der Waals surface area contributed by atoms with Crippen LogP contribution in [0.3, 0.4) is 0 Å². The molecule has 0 saturated carbocycles. The number of nitrogens with one attached hydrogen (secondary N) is 2. The number of ether oxygens (including phenoxy) is 1. The summed E-state index contributed by atoms with van der Waals surface area (Å²) >= 11 is 1.90. The molecule has 2 amide bonds. The second-order valence-electron chi connectivity index (χ2n) is 5.59. The van der Waals surface area contributed by atoms with Crippen LogP contribution in [0.1, 0.15) is 19.3 Å². The van der Waals surface area contributed by atoms with Crippen molar-refractivity contribution in [2.75, 3.05) is 44.9 Å². The lowest BCUT2D eigenvalue weighted by Gasteiger charge is -2.32. The van der Waals surface area contributed by atoms with Crippen molar-refractivity contribution in [3.8, 4) is 0 Å². The Bertz CT molecular complexity index is 353. The number of methoxy groups -OCH3 is 1. The van der Waals surface area contributed by atoms with Crippen LogP contribution in [0.4, 0.5) is 0 Å². The Balaban J connectivity index is 1.65. The SMILES string of the molecule is COCC(=O)N1CCC(NC(=O)CC2CSCCN2)CC1. The van der Waals surface area contributed by atoms with Crippen LogP contribution in [-0.4, -0.2) is 73.7 Å². The van der Waals surface area contributed by atoms with Gasteiger partial charge in [-0.1, -0.05) is 0 Å². The van der Waals surface area contributed by atoms with E-state index >= 15 is 0 Å². The molecule has 0 aromatic carbocycles. The van der Waals surface area contributed by atoms with Crippen LogP contribution < -0.4 is 10.6 Å². The smallest absolute Gasteiger partial charge is 0.248 e. The second kappa shape index (κ2) is 8.60. The fraction of sp³-hybridized carbons (Fsp3) is 0.857. The monoisotopic (exact) mass is 315 g/mol. The van der Waals surface area contributed by atoms with E-state index in [1.165, 1.54) is 7.11 Å². The molecule has 1 atom stereocenters. The molecular formula is C14H25N3O3S. The summed E-state index contributed by atoms with van der Waals surface area (Å²) in [6.07, 6.45) is 2.21. The molecule has 0 radical (unpaired) electrons. The third kappa shape index (κ3) is 5.48. The van der Waals surface area contributed by atoms with Gasteiger partial charge >= 0.3 is 0 Å². The minimum absolute atomic E-state index is 0.0331. The summed E-state index contributed by atoms with van der Waals surface area (Å²) in [4.78, 5) is 25.5. The van der Waals surface area contributed by atoms with Gasteiger partial charge in [-0.3, -0.25) is 9.59 Å². The number of thioether (sulfide) groups is 1. The third-order valence-corrected chi connectivity index (χ3v) is 5.04. The van der Waals surface area contributed by atoms with E-state index in [0.29, 0.717) is 25.6 Å². The average molecular weight is 315 g/mol. The van der Waals surface area contributed by atoms with E-state index in [1.807, 2.05) is 16.7 Å². The van der Waals surface area contributed by atoms with Crippen molar-refractivity contribution in [2.24, 2.45) is 0 Å². The van der Waals surface area contributed by atoms with Crippen molar-refractivity contribution in [3.63, 3.8) is 0 Å². The summed E-state index contributed by atoms with van der Waals surface area (Å²) in [5.41, 5.74) is 0. The average Bonchev–Trinajstić information content (AvgIpc) is 2.49. The summed E-state index contributed by atoms with van der Waals surface area (Å²) in [5, 5.41) is 6.48. The van der Waals surface area contributed by atoms with Gasteiger partial charge in [-0.2, -0.15) is 11.8 Å². The lowest BCUT2D eigenvalue weighted by atomic mass is 10.0. The molecule has 2 rings (SSSR count). The van der Waals surface area contributed by atoms with Crippen molar-refractivity contribution >= 4 is 23.6 Å². The van der Waals surface area contributed by atoms with Gasteiger partial charge in [0.05, 0.1) is 0 Å². The zero-order valence-corrected chi connectivity index (χ0v) is 13.4. The number of piperidine rings is 1. The summed E-state index contributed by atoms with van der Waals surface area (Å²) in [7, 11) is 1.53. The molecule has 2 aliphatic rings. The first-order valence-electron chi connectivity index (χ1n) is 7.56. The molecule has 6 nitrogen and oxygen atoms in total. The Morgan fingerprint density at radius 3 is 2.76 bits per heavy atom. The standard InChI is InChI=1S/C14H25N3O3S/c1-20-9-14(19)17-5-2-11(3-6-17)16-13(18)8-12-10-21-7-4-15-12/h11-12,15H,2-10H2,1H3,(H,16,18). The zero-order chi connectivity index (χ0) is 15.1. The number of nitrogens with zero attached hydrogens (tertiary/aromatic N) is 1. The maximum absolute atomic E-state index is 12.0. The van der Waals surface area contributed by atoms with Gasteiger partial charge < -0.3 is 20.3 Å². The number of amides is 2. The van der Waals surface area contributed by atoms with Gasteiger partial charge in [-0.15, -0.1) is 0 Å². The van der Waals surface area contributed by atoms with E-state index in [2.05, 4.69) is 10.6 Å². The van der Waals surface area contributed by atoms with Crippen molar-refractivity contribution < 1.29 is 14.3 Å². The van der Waals surface area contributed by atoms with Gasteiger partial charge in [0.25, 0.3) is 0 Å². The van der Waals surface area contributed by atoms with Crippen LogP contribution in [0.2, 0.25) is 0 Å². The molecule has 1 unspecified atom stereocenters. The van der Waals surface area contributed by atoms with Crippen molar-refractivity contribution in [1.82, 2.24) is 15.5 Å². The number of hydrogen-bond donors (Lipinski definition) is 2. The predicted molar refractivity (Wildman–Crippen MR) is 83.4 cm³/mol. The van der Waals surface area contributed by atoms with Gasteiger partial charge in [0.15, 0.2) is 0 Å². The van der Waals surface area contributed by atoms with Crippen LogP contribution >= 0.6 is 11.8 Å². The number of likely N-dealkylation sites (tertiary alicyclic amines) is 1. The molecule has 2 saturated heterocycles. The highest BCUT2D eigenvalue weighted by atomic mass is 32.2. The van der Waals surface area contributed by atoms with Crippen molar-refractivity contribution in [3.05, 3.63) is 0 Å². The Hall–Kier alpha value is -0.790. The Morgan fingerprint density at radius 2 is 2.14 bits per heavy atom. The minimum Gasteiger partial charge on any atom is -0.375 e. The van der Waals surface area contributed by atoms with Gasteiger partial charge in [0.2, 0.25) is 11.8 Å². The van der Waals surface area contributed by atoms with Crippen LogP contribution in [0.25, 0.3) is 0 Å². The molecular weight excluding hydrogens is 290 g/mol. The minimum atomic E-state index is 0.0331. The third-order valence-electron chi connectivity index (χ3n) is 3.91. The first-order chi connectivity index (χ1) is 10.2. The number of rotatable bonds is 5. The number of carbonyl (C=O) groups excluding carboxylic acids is 2. The molecule has 0 spiro atoms. The maximum Gasteiger partial charge on any atom is 0.248 e. The molecule has 0 aliphatic carbocycles. The molecule has 0 aromatic rings. The largest absolute Gasteiger partial charge is 0.375 e. The Morgan fingerprint density at radius 1 is 1.38 bits per heavy atom. The van der Waals surface area contributed by atoms with Crippen molar-refractivity contribution in [2.45, 2.75) is 31.3 Å². The first-order valence-corrected chi connectivity index (χ1v) is 8.71. The topological polar surface area (TPSA) is 70.7 Å². The van der Waals surface area contributed by atoms with Gasteiger partial charge in [-0.25, -0.2) is 0 Å². The summed E-state index contributed by atoms with van der Waals surface area (Å²) < 4.78 is 4.86. The summed E-state index contributed by atoms with van der Waals surface area (Å²) in [6, 6.07) is 0.493. The highest BCUT2D eigenvalue weighted by Crippen LogP contribution is 2.13. The highest BCUT2D eigenvalue weighted by Gasteiger charge is 2.24. The molecule has 120 valence electrons. The molecule has 2 fully saturated rings. The summed E-state index contributed by atoms with van der Waals surface area (Å²) in [6.45, 7) is 2.53. The van der Waals surface area contributed by atoms with E-state index in [4.69, 9.17) is 4.74 Å². The molecule has 21 heavy (non-hydrogen) atoms. The second-order valence-corrected chi connectivity index (χ2v) is 6.74. The van der Waals surface area contributed by atoms with E-state index in [-0.39, 0.29) is 24.5 Å². The first kappa shape index (κ1) is 16.6. The molecule has 0 aromatic heterocycles. The maximum atomic E-state index is 12.0. The summed E-state index contributed by atoms with van der Waals surface area (Å²) in [5.74, 6) is 2.30. The van der Waals surface area contributed by atoms with E-state index in [9.17, 15) is 9.59 Å². The quantitative estimate of drug-likeness (QED) is 0.737. The number of carbonyl (C=O) groups is 2. The lowest BCUT2D eigenvalue weighted by Crippen LogP contribution is -2.49. The predicted octanol–water partition coefficient (Wildman–Crippen LogP) is -0.165. The molecule has 2 heterocycles. The van der Waals surface area contributed by atoms with Crippen LogP contribution in [0.15, 0.2) is 0 Å². The molecule has 2 aliphatic heterocycles. The fourth-order valence-electron chi connectivity index (χ4n) is 2.75. The van der Waals surface area contributed by atoms with Crippen molar-refractivity contribution in [1.29, 1.82) is 0 Å². The van der Waals surface area contributed by atoms with E-state index < -0.39 is 0 Å².